The normalized spacial score (nSPS) is 11.7. The van der Waals surface area contributed by atoms with Crippen molar-refractivity contribution < 1.29 is 9.53 Å². The van der Waals surface area contributed by atoms with Crippen LogP contribution in [0, 0.1) is 13.8 Å². The molecule has 0 bridgehead atoms. The number of rotatable bonds is 8. The van der Waals surface area contributed by atoms with Gasteiger partial charge >= 0.3 is 0 Å². The summed E-state index contributed by atoms with van der Waals surface area (Å²) in [5, 5.41) is 2.98. The smallest absolute Gasteiger partial charge is 0.265 e. The van der Waals surface area contributed by atoms with Gasteiger partial charge in [0.2, 0.25) is 0 Å². The minimum Gasteiger partial charge on any atom is -0.480 e. The Morgan fingerprint density at radius 1 is 0.966 bits per heavy atom. The van der Waals surface area contributed by atoms with E-state index in [0.29, 0.717) is 6.42 Å². The summed E-state index contributed by atoms with van der Waals surface area (Å²) < 4.78 is 6.01. The van der Waals surface area contributed by atoms with Crippen LogP contribution in [0.3, 0.4) is 0 Å². The second-order valence-corrected chi connectivity index (χ2v) is 8.05. The fraction of sp³-hybridized carbons (Fsp3) is 0.240. The molecule has 1 amide bonds. The maximum absolute atomic E-state index is 12.7. The molecule has 3 rings (SSSR count). The third-order valence-corrected chi connectivity index (χ3v) is 5.94. The Balaban J connectivity index is 1.58. The van der Waals surface area contributed by atoms with Gasteiger partial charge in [-0.3, -0.25) is 4.79 Å². The Kier molecular flexibility index (Phi) is 7.36. The van der Waals surface area contributed by atoms with E-state index in [0.717, 1.165) is 28.3 Å². The highest BCUT2D eigenvalue weighted by molar-refractivity contribution is 7.98. The van der Waals surface area contributed by atoms with E-state index in [2.05, 4.69) is 29.6 Å². The van der Waals surface area contributed by atoms with Gasteiger partial charge in [-0.2, -0.15) is 0 Å². The lowest BCUT2D eigenvalue weighted by atomic mass is 10.1. The van der Waals surface area contributed by atoms with Crippen LogP contribution < -0.4 is 10.1 Å². The number of hydrogen-bond acceptors (Lipinski definition) is 3. The fourth-order valence-corrected chi connectivity index (χ4v) is 3.79. The number of carbonyl (C=O) groups is 1. The Hall–Kier alpha value is -2.72. The molecule has 0 unspecified atom stereocenters. The number of carbonyl (C=O) groups excluding carboxylic acids is 1. The fourth-order valence-electron chi connectivity index (χ4n) is 2.92. The van der Waals surface area contributed by atoms with Crippen molar-refractivity contribution in [1.29, 1.82) is 0 Å². The Morgan fingerprint density at radius 2 is 1.69 bits per heavy atom. The second-order valence-electron chi connectivity index (χ2n) is 7.00. The molecule has 0 aliphatic rings. The van der Waals surface area contributed by atoms with Crippen molar-refractivity contribution in [3.05, 3.63) is 89.5 Å². The first-order valence-electron chi connectivity index (χ1n) is 9.87. The molecule has 0 aromatic heterocycles. The summed E-state index contributed by atoms with van der Waals surface area (Å²) >= 11 is 1.80. The molecule has 0 radical (unpaired) electrons. The average molecular weight is 406 g/mol. The van der Waals surface area contributed by atoms with Gasteiger partial charge in [0.25, 0.3) is 5.91 Å². The van der Waals surface area contributed by atoms with Crippen molar-refractivity contribution in [3.63, 3.8) is 0 Å². The zero-order valence-electron chi connectivity index (χ0n) is 17.1. The first-order chi connectivity index (χ1) is 14.1. The monoisotopic (exact) mass is 405 g/mol. The minimum atomic E-state index is -0.524. The number of anilines is 1. The van der Waals surface area contributed by atoms with E-state index in [1.54, 1.807) is 11.8 Å². The van der Waals surface area contributed by atoms with Gasteiger partial charge in [0.15, 0.2) is 6.10 Å². The van der Waals surface area contributed by atoms with Crippen molar-refractivity contribution in [2.24, 2.45) is 0 Å². The van der Waals surface area contributed by atoms with Crippen LogP contribution in [0.2, 0.25) is 0 Å². The molecule has 4 heteroatoms. The van der Waals surface area contributed by atoms with Crippen molar-refractivity contribution >= 4 is 23.4 Å². The van der Waals surface area contributed by atoms with Gasteiger partial charge in [0.05, 0.1) is 0 Å². The van der Waals surface area contributed by atoms with Gasteiger partial charge in [-0.05, 0) is 67.3 Å². The molecule has 0 saturated heterocycles. The van der Waals surface area contributed by atoms with E-state index in [-0.39, 0.29) is 5.91 Å². The molecular formula is C25H27NO2S. The van der Waals surface area contributed by atoms with E-state index < -0.39 is 6.10 Å². The maximum Gasteiger partial charge on any atom is 0.265 e. The minimum absolute atomic E-state index is 0.125. The summed E-state index contributed by atoms with van der Waals surface area (Å²) in [5.74, 6) is 1.53. The molecule has 1 N–H and O–H groups in total. The molecule has 1 atom stereocenters. The van der Waals surface area contributed by atoms with E-state index in [9.17, 15) is 4.79 Å². The largest absolute Gasteiger partial charge is 0.480 e. The summed E-state index contributed by atoms with van der Waals surface area (Å²) in [7, 11) is 0. The molecule has 3 nitrogen and oxygen atoms in total. The molecule has 150 valence electrons. The number of nitrogens with one attached hydrogen (secondary N) is 1. The zero-order valence-corrected chi connectivity index (χ0v) is 18.0. The van der Waals surface area contributed by atoms with Crippen LogP contribution in [0.5, 0.6) is 5.75 Å². The van der Waals surface area contributed by atoms with Crippen molar-refractivity contribution in [3.8, 4) is 5.75 Å². The summed E-state index contributed by atoms with van der Waals surface area (Å²) in [5.41, 5.74) is 4.22. The molecule has 0 aliphatic carbocycles. The molecule has 3 aromatic carbocycles. The number of aryl methyl sites for hydroxylation is 1. The molecule has 29 heavy (non-hydrogen) atoms. The maximum atomic E-state index is 12.7. The van der Waals surface area contributed by atoms with E-state index >= 15 is 0 Å². The van der Waals surface area contributed by atoms with Crippen LogP contribution >= 0.6 is 11.8 Å². The zero-order chi connectivity index (χ0) is 20.6. The third-order valence-electron chi connectivity index (χ3n) is 4.86. The lowest BCUT2D eigenvalue weighted by Crippen LogP contribution is -2.32. The van der Waals surface area contributed by atoms with E-state index in [1.807, 2.05) is 69.3 Å². The van der Waals surface area contributed by atoms with Crippen molar-refractivity contribution in [1.82, 2.24) is 0 Å². The van der Waals surface area contributed by atoms with Crippen LogP contribution in [0.25, 0.3) is 0 Å². The van der Waals surface area contributed by atoms with Crippen LogP contribution in [-0.2, 0) is 10.5 Å². The van der Waals surface area contributed by atoms with Crippen LogP contribution in [0.15, 0.2) is 77.7 Å². The highest BCUT2D eigenvalue weighted by Gasteiger charge is 2.19. The number of benzene rings is 3. The topological polar surface area (TPSA) is 38.3 Å². The Bertz CT molecular complexity index is 939. The summed E-state index contributed by atoms with van der Waals surface area (Å²) in [4.78, 5) is 13.9. The Morgan fingerprint density at radius 3 is 2.38 bits per heavy atom. The van der Waals surface area contributed by atoms with Crippen LogP contribution in [-0.4, -0.2) is 12.0 Å². The summed E-state index contributed by atoms with van der Waals surface area (Å²) in [6.07, 6.45) is 0.0779. The van der Waals surface area contributed by atoms with E-state index in [1.165, 1.54) is 10.5 Å². The molecule has 0 aliphatic heterocycles. The standard InChI is InChI=1S/C25H27NO2S/c1-4-23(28-24-12-8-9-18(2)19(24)3)25(27)26-21-15-13-20(14-16-21)17-29-22-10-6-5-7-11-22/h5-16,23H,4,17H2,1-3H3,(H,26,27)/t23-/m1/s1. The highest BCUT2D eigenvalue weighted by atomic mass is 32.2. The van der Waals surface area contributed by atoms with Gasteiger partial charge in [0, 0.05) is 16.3 Å². The molecular weight excluding hydrogens is 378 g/mol. The predicted molar refractivity (Wildman–Crippen MR) is 122 cm³/mol. The average Bonchev–Trinajstić information content (AvgIpc) is 2.75. The number of ether oxygens (including phenoxy) is 1. The second kappa shape index (κ2) is 10.2. The van der Waals surface area contributed by atoms with Gasteiger partial charge in [-0.25, -0.2) is 0 Å². The van der Waals surface area contributed by atoms with Gasteiger partial charge < -0.3 is 10.1 Å². The molecule has 0 saturated carbocycles. The summed E-state index contributed by atoms with van der Waals surface area (Å²) in [6, 6.07) is 24.3. The molecule has 0 spiro atoms. The van der Waals surface area contributed by atoms with Gasteiger partial charge in [-0.1, -0.05) is 49.4 Å². The van der Waals surface area contributed by atoms with Gasteiger partial charge in [0.1, 0.15) is 5.75 Å². The first kappa shape index (κ1) is 21.0. The molecule has 0 fully saturated rings. The highest BCUT2D eigenvalue weighted by Crippen LogP contribution is 2.24. The lowest BCUT2D eigenvalue weighted by molar-refractivity contribution is -0.122. The lowest BCUT2D eigenvalue weighted by Gasteiger charge is -2.19. The van der Waals surface area contributed by atoms with Crippen molar-refractivity contribution in [2.45, 2.75) is 43.9 Å². The number of hydrogen-bond donors (Lipinski definition) is 1. The SMILES string of the molecule is CC[C@@H](Oc1cccc(C)c1C)C(=O)Nc1ccc(CSc2ccccc2)cc1. The van der Waals surface area contributed by atoms with E-state index in [4.69, 9.17) is 4.74 Å². The third kappa shape index (κ3) is 5.88. The first-order valence-corrected chi connectivity index (χ1v) is 10.9. The quantitative estimate of drug-likeness (QED) is 0.441. The van der Waals surface area contributed by atoms with Crippen LogP contribution in [0.1, 0.15) is 30.0 Å². The van der Waals surface area contributed by atoms with Crippen molar-refractivity contribution in [2.75, 3.05) is 5.32 Å². The van der Waals surface area contributed by atoms with Gasteiger partial charge in [-0.15, -0.1) is 11.8 Å². The number of amides is 1. The molecule has 0 heterocycles. The Labute approximate surface area is 177 Å². The molecule has 3 aromatic rings. The summed E-state index contributed by atoms with van der Waals surface area (Å²) in [6.45, 7) is 6.02. The predicted octanol–water partition coefficient (Wildman–Crippen LogP) is 6.39. The number of thioether (sulfide) groups is 1. The van der Waals surface area contributed by atoms with Crippen LogP contribution in [0.4, 0.5) is 5.69 Å².